The van der Waals surface area contributed by atoms with Crippen molar-refractivity contribution in [1.29, 1.82) is 0 Å². The van der Waals surface area contributed by atoms with E-state index >= 15 is 0 Å². The van der Waals surface area contributed by atoms with Crippen molar-refractivity contribution in [3.63, 3.8) is 0 Å². The number of rotatable bonds is 3. The van der Waals surface area contributed by atoms with Crippen LogP contribution < -0.4 is 5.73 Å². The SMILES string of the molecule is CC1CN(CC(O)c2ccccc2N)CCS1. The van der Waals surface area contributed by atoms with E-state index in [2.05, 4.69) is 11.8 Å². The monoisotopic (exact) mass is 252 g/mol. The summed E-state index contributed by atoms with van der Waals surface area (Å²) in [5.74, 6) is 1.15. The lowest BCUT2D eigenvalue weighted by Gasteiger charge is -2.32. The van der Waals surface area contributed by atoms with Gasteiger partial charge >= 0.3 is 0 Å². The van der Waals surface area contributed by atoms with E-state index in [-0.39, 0.29) is 0 Å². The number of thioether (sulfide) groups is 1. The highest BCUT2D eigenvalue weighted by atomic mass is 32.2. The maximum absolute atomic E-state index is 10.2. The van der Waals surface area contributed by atoms with Gasteiger partial charge in [0.25, 0.3) is 0 Å². The van der Waals surface area contributed by atoms with Crippen LogP contribution in [-0.4, -0.2) is 40.6 Å². The molecule has 1 aliphatic heterocycles. The van der Waals surface area contributed by atoms with Gasteiger partial charge in [-0.25, -0.2) is 0 Å². The quantitative estimate of drug-likeness (QED) is 0.805. The van der Waals surface area contributed by atoms with E-state index in [1.807, 2.05) is 36.0 Å². The molecule has 0 bridgehead atoms. The van der Waals surface area contributed by atoms with Crippen LogP contribution in [0.5, 0.6) is 0 Å². The zero-order valence-corrected chi connectivity index (χ0v) is 11.0. The van der Waals surface area contributed by atoms with Crippen LogP contribution in [0.2, 0.25) is 0 Å². The van der Waals surface area contributed by atoms with Crippen molar-refractivity contribution < 1.29 is 5.11 Å². The smallest absolute Gasteiger partial charge is 0.0936 e. The molecule has 0 amide bonds. The van der Waals surface area contributed by atoms with E-state index in [1.165, 1.54) is 0 Å². The molecule has 0 aromatic heterocycles. The normalized spacial score (nSPS) is 23.5. The molecule has 1 aromatic rings. The van der Waals surface area contributed by atoms with Gasteiger partial charge in [0.05, 0.1) is 6.10 Å². The lowest BCUT2D eigenvalue weighted by atomic mass is 10.1. The molecular formula is C13H20N2OS. The van der Waals surface area contributed by atoms with Crippen LogP contribution >= 0.6 is 11.8 Å². The highest BCUT2D eigenvalue weighted by Gasteiger charge is 2.20. The second-order valence-corrected chi connectivity index (χ2v) is 6.13. The van der Waals surface area contributed by atoms with Gasteiger partial charge in [0.1, 0.15) is 0 Å². The fraction of sp³-hybridized carbons (Fsp3) is 0.538. The molecule has 2 atom stereocenters. The summed E-state index contributed by atoms with van der Waals surface area (Å²) >= 11 is 2.00. The Bertz CT molecular complexity index is 372. The predicted octanol–water partition coefficient (Wildman–Crippen LogP) is 1.74. The molecule has 4 heteroatoms. The third-order valence-corrected chi connectivity index (χ3v) is 4.25. The number of β-amino-alcohol motifs (C(OH)–C–C–N with tert-alkyl or cyclic N) is 1. The largest absolute Gasteiger partial charge is 0.398 e. The first-order valence-corrected chi connectivity index (χ1v) is 7.08. The van der Waals surface area contributed by atoms with Gasteiger partial charge in [-0.3, -0.25) is 4.90 Å². The molecule has 3 nitrogen and oxygen atoms in total. The van der Waals surface area contributed by atoms with Crippen molar-refractivity contribution >= 4 is 17.4 Å². The summed E-state index contributed by atoms with van der Waals surface area (Å²) in [4.78, 5) is 2.32. The third kappa shape index (κ3) is 3.37. The van der Waals surface area contributed by atoms with Crippen LogP contribution in [0, 0.1) is 0 Å². The number of aliphatic hydroxyl groups excluding tert-OH is 1. The fourth-order valence-corrected chi connectivity index (χ4v) is 3.30. The maximum Gasteiger partial charge on any atom is 0.0936 e. The number of nitrogen functional groups attached to an aromatic ring is 1. The Labute approximate surface area is 107 Å². The topological polar surface area (TPSA) is 49.5 Å². The lowest BCUT2D eigenvalue weighted by molar-refractivity contribution is 0.116. The number of anilines is 1. The molecule has 1 saturated heterocycles. The van der Waals surface area contributed by atoms with E-state index in [0.29, 0.717) is 17.5 Å². The molecule has 94 valence electrons. The fourth-order valence-electron chi connectivity index (χ4n) is 2.21. The zero-order valence-electron chi connectivity index (χ0n) is 10.2. The second kappa shape index (κ2) is 5.76. The molecule has 1 aliphatic rings. The zero-order chi connectivity index (χ0) is 12.3. The lowest BCUT2D eigenvalue weighted by Crippen LogP contribution is -2.39. The Balaban J connectivity index is 1.97. The van der Waals surface area contributed by atoms with Crippen LogP contribution in [0.15, 0.2) is 24.3 Å². The molecular weight excluding hydrogens is 232 g/mol. The molecule has 2 rings (SSSR count). The van der Waals surface area contributed by atoms with Gasteiger partial charge in [-0.05, 0) is 6.07 Å². The number of hydrogen-bond donors (Lipinski definition) is 2. The molecule has 3 N–H and O–H groups in total. The molecule has 0 saturated carbocycles. The Kier molecular flexibility index (Phi) is 4.31. The highest BCUT2D eigenvalue weighted by molar-refractivity contribution is 7.99. The molecule has 17 heavy (non-hydrogen) atoms. The Morgan fingerprint density at radius 2 is 2.29 bits per heavy atom. The van der Waals surface area contributed by atoms with Crippen LogP contribution in [0.1, 0.15) is 18.6 Å². The van der Waals surface area contributed by atoms with Crippen molar-refractivity contribution in [2.75, 3.05) is 31.1 Å². The van der Waals surface area contributed by atoms with E-state index in [9.17, 15) is 5.11 Å². The summed E-state index contributed by atoms with van der Waals surface area (Å²) in [6.45, 7) is 5.02. The van der Waals surface area contributed by atoms with Gasteiger partial charge in [0.2, 0.25) is 0 Å². The average molecular weight is 252 g/mol. The molecule has 0 aliphatic carbocycles. The van der Waals surface area contributed by atoms with E-state index in [1.54, 1.807) is 0 Å². The van der Waals surface area contributed by atoms with Crippen LogP contribution in [0.25, 0.3) is 0 Å². The summed E-state index contributed by atoms with van der Waals surface area (Å²) in [7, 11) is 0. The summed E-state index contributed by atoms with van der Waals surface area (Å²) in [5, 5.41) is 10.9. The van der Waals surface area contributed by atoms with Crippen molar-refractivity contribution in [3.8, 4) is 0 Å². The number of nitrogens with zero attached hydrogens (tertiary/aromatic N) is 1. The molecule has 1 fully saturated rings. The summed E-state index contributed by atoms with van der Waals surface area (Å²) < 4.78 is 0. The van der Waals surface area contributed by atoms with Gasteiger partial charge in [0.15, 0.2) is 0 Å². The molecule has 1 heterocycles. The minimum atomic E-state index is -0.480. The highest BCUT2D eigenvalue weighted by Crippen LogP contribution is 2.23. The second-order valence-electron chi connectivity index (χ2n) is 4.59. The van der Waals surface area contributed by atoms with Gasteiger partial charge in [-0.1, -0.05) is 25.1 Å². The predicted molar refractivity (Wildman–Crippen MR) is 74.2 cm³/mol. The third-order valence-electron chi connectivity index (χ3n) is 3.11. The van der Waals surface area contributed by atoms with Crippen molar-refractivity contribution in [2.24, 2.45) is 0 Å². The van der Waals surface area contributed by atoms with Crippen molar-refractivity contribution in [2.45, 2.75) is 18.3 Å². The first-order chi connectivity index (χ1) is 8.16. The Morgan fingerprint density at radius 3 is 3.00 bits per heavy atom. The minimum Gasteiger partial charge on any atom is -0.398 e. The molecule has 0 spiro atoms. The summed E-state index contributed by atoms with van der Waals surface area (Å²) in [6.07, 6.45) is -0.480. The van der Waals surface area contributed by atoms with Crippen molar-refractivity contribution in [1.82, 2.24) is 4.90 Å². The van der Waals surface area contributed by atoms with Crippen LogP contribution in [0.3, 0.4) is 0 Å². The first kappa shape index (κ1) is 12.7. The summed E-state index contributed by atoms with van der Waals surface area (Å²) in [5.41, 5.74) is 7.40. The van der Waals surface area contributed by atoms with Crippen LogP contribution in [0.4, 0.5) is 5.69 Å². The molecule has 2 unspecified atom stereocenters. The van der Waals surface area contributed by atoms with Crippen molar-refractivity contribution in [3.05, 3.63) is 29.8 Å². The number of para-hydroxylation sites is 1. The average Bonchev–Trinajstić information content (AvgIpc) is 2.29. The Hall–Kier alpha value is -0.710. The van der Waals surface area contributed by atoms with E-state index < -0.39 is 6.10 Å². The maximum atomic E-state index is 10.2. The number of nitrogens with two attached hydrogens (primary N) is 1. The Morgan fingerprint density at radius 1 is 1.53 bits per heavy atom. The van der Waals surface area contributed by atoms with Gasteiger partial charge in [-0.2, -0.15) is 11.8 Å². The number of benzene rings is 1. The van der Waals surface area contributed by atoms with Gasteiger partial charge in [-0.15, -0.1) is 0 Å². The molecule has 0 radical (unpaired) electrons. The number of hydrogen-bond acceptors (Lipinski definition) is 4. The van der Waals surface area contributed by atoms with E-state index in [4.69, 9.17) is 5.73 Å². The van der Waals surface area contributed by atoms with Gasteiger partial charge in [0, 0.05) is 41.9 Å². The van der Waals surface area contributed by atoms with E-state index in [0.717, 1.165) is 24.4 Å². The van der Waals surface area contributed by atoms with Gasteiger partial charge < -0.3 is 10.8 Å². The first-order valence-electron chi connectivity index (χ1n) is 6.03. The van der Waals surface area contributed by atoms with Crippen LogP contribution in [-0.2, 0) is 0 Å². The summed E-state index contributed by atoms with van der Waals surface area (Å²) in [6, 6.07) is 7.56. The molecule has 1 aromatic carbocycles. The standard InChI is InChI=1S/C13H20N2OS/c1-10-8-15(6-7-17-10)9-13(16)11-4-2-3-5-12(11)14/h2-5,10,13,16H,6-9,14H2,1H3. The minimum absolute atomic E-state index is 0.480. The number of aliphatic hydroxyl groups is 1.